The molecule has 0 atom stereocenters. The zero-order chi connectivity index (χ0) is 22.8. The molecule has 0 unspecified atom stereocenters. The van der Waals surface area contributed by atoms with E-state index in [9.17, 15) is 4.79 Å². The van der Waals surface area contributed by atoms with E-state index in [4.69, 9.17) is 14.7 Å². The molecule has 5 aromatic rings. The molecular weight excluding hydrogens is 436 g/mol. The van der Waals surface area contributed by atoms with Crippen LogP contribution in [-0.4, -0.2) is 32.5 Å². The van der Waals surface area contributed by atoms with Gasteiger partial charge in [0.05, 0.1) is 12.8 Å². The lowest BCUT2D eigenvalue weighted by Crippen LogP contribution is -2.05. The van der Waals surface area contributed by atoms with Crippen molar-refractivity contribution in [1.29, 1.82) is 0 Å². The number of nitrogens with one attached hydrogen (secondary N) is 2. The van der Waals surface area contributed by atoms with Crippen molar-refractivity contribution >= 4 is 45.6 Å². The number of ether oxygens (including phenoxy) is 1. The molecule has 5 rings (SSSR count). The van der Waals surface area contributed by atoms with Gasteiger partial charge >= 0.3 is 0 Å². The Labute approximate surface area is 193 Å². The topological polar surface area (TPSA) is 94.0 Å². The van der Waals surface area contributed by atoms with Crippen LogP contribution in [0.25, 0.3) is 28.2 Å². The van der Waals surface area contributed by atoms with Gasteiger partial charge in [0.25, 0.3) is 0 Å². The maximum Gasteiger partial charge on any atom is 0.221 e. The first-order chi connectivity index (χ1) is 16.1. The Morgan fingerprint density at radius 3 is 2.42 bits per heavy atom. The second kappa shape index (κ2) is 8.71. The van der Waals surface area contributed by atoms with Crippen molar-refractivity contribution in [2.45, 2.75) is 6.92 Å². The molecule has 0 spiro atoms. The van der Waals surface area contributed by atoms with E-state index in [0.717, 1.165) is 28.4 Å². The summed E-state index contributed by atoms with van der Waals surface area (Å²) < 4.78 is 7.22. The third-order valence-electron chi connectivity index (χ3n) is 5.00. The number of thiophene rings is 1. The van der Waals surface area contributed by atoms with Gasteiger partial charge in [-0.3, -0.25) is 9.36 Å². The van der Waals surface area contributed by atoms with Gasteiger partial charge in [-0.25, -0.2) is 15.0 Å². The Morgan fingerprint density at radius 1 is 1.00 bits per heavy atom. The van der Waals surface area contributed by atoms with Gasteiger partial charge in [-0.15, -0.1) is 0 Å². The van der Waals surface area contributed by atoms with Crippen molar-refractivity contribution in [3.63, 3.8) is 0 Å². The van der Waals surface area contributed by atoms with Gasteiger partial charge in [0.15, 0.2) is 22.8 Å². The molecule has 0 saturated carbocycles. The fourth-order valence-corrected chi connectivity index (χ4v) is 4.04. The van der Waals surface area contributed by atoms with E-state index in [-0.39, 0.29) is 5.91 Å². The van der Waals surface area contributed by atoms with Crippen LogP contribution in [0.3, 0.4) is 0 Å². The summed E-state index contributed by atoms with van der Waals surface area (Å²) in [5.41, 5.74) is 4.75. The van der Waals surface area contributed by atoms with E-state index >= 15 is 0 Å². The number of benzene rings is 2. The molecule has 3 heterocycles. The van der Waals surface area contributed by atoms with Crippen LogP contribution in [0.2, 0.25) is 0 Å². The van der Waals surface area contributed by atoms with Crippen LogP contribution in [0, 0.1) is 0 Å². The fourth-order valence-electron chi connectivity index (χ4n) is 3.42. The van der Waals surface area contributed by atoms with Crippen molar-refractivity contribution in [1.82, 2.24) is 19.5 Å². The minimum Gasteiger partial charge on any atom is -0.497 e. The number of amides is 1. The van der Waals surface area contributed by atoms with E-state index in [1.54, 1.807) is 24.8 Å². The number of aromatic nitrogens is 4. The second-order valence-corrected chi connectivity index (χ2v) is 8.06. The highest BCUT2D eigenvalue weighted by atomic mass is 32.1. The molecule has 0 aliphatic heterocycles. The maximum atomic E-state index is 11.3. The lowest BCUT2D eigenvalue weighted by molar-refractivity contribution is -0.114. The quantitative estimate of drug-likeness (QED) is 0.362. The summed E-state index contributed by atoms with van der Waals surface area (Å²) >= 11 is 1.61. The number of fused-ring (bicyclic) bond motifs is 1. The highest BCUT2D eigenvalue weighted by molar-refractivity contribution is 7.08. The van der Waals surface area contributed by atoms with Crippen molar-refractivity contribution in [2.24, 2.45) is 0 Å². The standard InChI is InChI=1S/C24H20N6O2S/c1-15(31)26-17-5-7-18(8-6-17)27-23-21-24(30(14-25-21)19-11-12-33-13-19)29-22(28-23)16-3-9-20(32-2)10-4-16/h3-14H,1-2H3,(H,26,31)(H,27,28,29). The Hall–Kier alpha value is -4.24. The highest BCUT2D eigenvalue weighted by Gasteiger charge is 2.16. The first-order valence-electron chi connectivity index (χ1n) is 10.2. The van der Waals surface area contributed by atoms with Crippen molar-refractivity contribution in [3.8, 4) is 22.8 Å². The Bertz CT molecular complexity index is 1410. The van der Waals surface area contributed by atoms with E-state index in [1.165, 1.54) is 6.92 Å². The van der Waals surface area contributed by atoms with E-state index in [1.807, 2.05) is 69.9 Å². The molecule has 0 aliphatic carbocycles. The van der Waals surface area contributed by atoms with Crippen LogP contribution in [0.1, 0.15) is 6.92 Å². The Morgan fingerprint density at radius 2 is 1.76 bits per heavy atom. The molecule has 33 heavy (non-hydrogen) atoms. The third kappa shape index (κ3) is 4.26. The SMILES string of the molecule is COc1ccc(-c2nc(Nc3ccc(NC(C)=O)cc3)c3ncn(-c4ccsc4)c3n2)cc1. The number of anilines is 3. The normalized spacial score (nSPS) is 10.8. The first kappa shape index (κ1) is 20.7. The van der Waals surface area contributed by atoms with Crippen LogP contribution in [-0.2, 0) is 4.79 Å². The van der Waals surface area contributed by atoms with Gasteiger partial charge in [-0.2, -0.15) is 11.3 Å². The summed E-state index contributed by atoms with van der Waals surface area (Å²) in [7, 11) is 1.64. The summed E-state index contributed by atoms with van der Waals surface area (Å²) in [5, 5.41) is 10.2. The smallest absolute Gasteiger partial charge is 0.221 e. The molecule has 1 amide bonds. The maximum absolute atomic E-state index is 11.3. The predicted octanol–water partition coefficient (Wildman–Crippen LogP) is 5.25. The predicted molar refractivity (Wildman–Crippen MR) is 131 cm³/mol. The lowest BCUT2D eigenvalue weighted by Gasteiger charge is -2.11. The summed E-state index contributed by atoms with van der Waals surface area (Å²) in [6.07, 6.45) is 1.75. The monoisotopic (exact) mass is 456 g/mol. The molecule has 2 N–H and O–H groups in total. The van der Waals surface area contributed by atoms with E-state index < -0.39 is 0 Å². The van der Waals surface area contributed by atoms with Gasteiger partial charge in [0.2, 0.25) is 5.91 Å². The van der Waals surface area contributed by atoms with E-state index in [0.29, 0.717) is 22.8 Å². The third-order valence-corrected chi connectivity index (χ3v) is 5.67. The van der Waals surface area contributed by atoms with Crippen molar-refractivity contribution in [3.05, 3.63) is 71.7 Å². The molecular formula is C24H20N6O2S. The van der Waals surface area contributed by atoms with Crippen LogP contribution >= 0.6 is 11.3 Å². The van der Waals surface area contributed by atoms with E-state index in [2.05, 4.69) is 15.6 Å². The summed E-state index contributed by atoms with van der Waals surface area (Å²) in [4.78, 5) is 25.5. The van der Waals surface area contributed by atoms with Gasteiger partial charge < -0.3 is 15.4 Å². The number of methoxy groups -OCH3 is 1. The fraction of sp³-hybridized carbons (Fsp3) is 0.0833. The Balaban J connectivity index is 1.59. The average Bonchev–Trinajstić information content (AvgIpc) is 3.50. The number of imidazole rings is 1. The Kier molecular flexibility index (Phi) is 5.45. The number of rotatable bonds is 6. The summed E-state index contributed by atoms with van der Waals surface area (Å²) in [5.74, 6) is 1.81. The number of carbonyl (C=O) groups excluding carboxylic acids is 1. The number of hydrogen-bond donors (Lipinski definition) is 2. The minimum absolute atomic E-state index is 0.115. The lowest BCUT2D eigenvalue weighted by atomic mass is 10.2. The molecule has 0 fully saturated rings. The largest absolute Gasteiger partial charge is 0.497 e. The molecule has 8 nitrogen and oxygen atoms in total. The molecule has 2 aromatic carbocycles. The van der Waals surface area contributed by atoms with Crippen molar-refractivity contribution < 1.29 is 9.53 Å². The summed E-state index contributed by atoms with van der Waals surface area (Å²) in [6.45, 7) is 1.48. The van der Waals surface area contributed by atoms with Gasteiger partial charge in [0.1, 0.15) is 12.1 Å². The number of nitrogens with zero attached hydrogens (tertiary/aromatic N) is 4. The van der Waals surface area contributed by atoms with Gasteiger partial charge in [0, 0.05) is 29.2 Å². The second-order valence-electron chi connectivity index (χ2n) is 7.28. The summed E-state index contributed by atoms with van der Waals surface area (Å²) in [6, 6.07) is 17.1. The first-order valence-corrected chi connectivity index (χ1v) is 11.1. The number of hydrogen-bond acceptors (Lipinski definition) is 7. The zero-order valence-corrected chi connectivity index (χ0v) is 18.8. The molecule has 164 valence electrons. The van der Waals surface area contributed by atoms with Crippen LogP contribution in [0.15, 0.2) is 71.7 Å². The molecule has 9 heteroatoms. The molecule has 0 radical (unpaired) electrons. The zero-order valence-electron chi connectivity index (χ0n) is 17.9. The highest BCUT2D eigenvalue weighted by Crippen LogP contribution is 2.29. The van der Waals surface area contributed by atoms with Gasteiger partial charge in [-0.1, -0.05) is 0 Å². The molecule has 0 bridgehead atoms. The minimum atomic E-state index is -0.115. The van der Waals surface area contributed by atoms with Crippen LogP contribution in [0.4, 0.5) is 17.2 Å². The molecule has 3 aromatic heterocycles. The molecule has 0 saturated heterocycles. The van der Waals surface area contributed by atoms with Crippen LogP contribution in [0.5, 0.6) is 5.75 Å². The number of carbonyl (C=O) groups is 1. The van der Waals surface area contributed by atoms with Crippen LogP contribution < -0.4 is 15.4 Å². The average molecular weight is 457 g/mol. The van der Waals surface area contributed by atoms with Crippen molar-refractivity contribution in [2.75, 3.05) is 17.7 Å². The van der Waals surface area contributed by atoms with Gasteiger partial charge in [-0.05, 0) is 60.0 Å². The molecule has 0 aliphatic rings.